The lowest BCUT2D eigenvalue weighted by atomic mass is 10.2. The van der Waals surface area contributed by atoms with Crippen molar-refractivity contribution in [2.75, 3.05) is 12.9 Å². The second-order valence-electron chi connectivity index (χ2n) is 3.06. The third kappa shape index (κ3) is 2.02. The van der Waals surface area contributed by atoms with Gasteiger partial charge in [0.1, 0.15) is 0 Å². The smallest absolute Gasteiger partial charge is 0.317 e. The number of methoxy groups -OCH3 is 1. The molecule has 2 rings (SSSR count). The van der Waals surface area contributed by atoms with Gasteiger partial charge in [-0.15, -0.1) is 11.8 Å². The normalized spacial score (nSPS) is 20.1. The van der Waals surface area contributed by atoms with E-state index in [4.69, 9.17) is 9.47 Å². The van der Waals surface area contributed by atoms with Crippen LogP contribution in [-0.4, -0.2) is 23.9 Å². The molecule has 1 unspecified atom stereocenters. The molecule has 0 aliphatic carbocycles. The third-order valence-electron chi connectivity index (χ3n) is 2.07. The van der Waals surface area contributed by atoms with Gasteiger partial charge >= 0.3 is 5.97 Å². The van der Waals surface area contributed by atoms with Crippen LogP contribution in [0.15, 0.2) is 18.2 Å². The molecule has 0 spiro atoms. The number of carbonyl (C=O) groups excluding carboxylic acids is 1. The molecule has 5 heteroatoms. The summed E-state index contributed by atoms with van der Waals surface area (Å²) in [4.78, 5) is 10.9. The molecular formula is C10H10O4S. The van der Waals surface area contributed by atoms with E-state index >= 15 is 0 Å². The van der Waals surface area contributed by atoms with Crippen LogP contribution in [0.2, 0.25) is 0 Å². The number of thioether (sulfide) groups is 1. The number of esters is 1. The molecule has 1 aliphatic rings. The summed E-state index contributed by atoms with van der Waals surface area (Å²) < 4.78 is 10.0. The zero-order chi connectivity index (χ0) is 10.8. The van der Waals surface area contributed by atoms with Crippen molar-refractivity contribution >= 4 is 17.7 Å². The number of phenols is 1. The molecule has 0 saturated carbocycles. The zero-order valence-electron chi connectivity index (χ0n) is 8.10. The SMILES string of the molecule is COc1cc(C2OC(=O)CS2)ccc1O. The van der Waals surface area contributed by atoms with Crippen LogP contribution in [0.3, 0.4) is 0 Å². The Morgan fingerprint density at radius 1 is 1.60 bits per heavy atom. The lowest BCUT2D eigenvalue weighted by molar-refractivity contribution is -0.140. The monoisotopic (exact) mass is 226 g/mol. The van der Waals surface area contributed by atoms with E-state index in [1.807, 2.05) is 0 Å². The van der Waals surface area contributed by atoms with Crippen molar-refractivity contribution in [3.8, 4) is 11.5 Å². The summed E-state index contributed by atoms with van der Waals surface area (Å²) in [5.74, 6) is 0.622. The van der Waals surface area contributed by atoms with Crippen LogP contribution in [-0.2, 0) is 9.53 Å². The van der Waals surface area contributed by atoms with Crippen LogP contribution >= 0.6 is 11.8 Å². The maximum atomic E-state index is 10.9. The standard InChI is InChI=1S/C10H10O4S/c1-13-8-4-6(2-3-7(8)11)10-14-9(12)5-15-10/h2-4,10-11H,5H2,1H3. The average Bonchev–Trinajstić information content (AvgIpc) is 2.66. The van der Waals surface area contributed by atoms with Gasteiger partial charge in [0.25, 0.3) is 0 Å². The van der Waals surface area contributed by atoms with Crippen molar-refractivity contribution < 1.29 is 19.4 Å². The highest BCUT2D eigenvalue weighted by Gasteiger charge is 2.26. The van der Waals surface area contributed by atoms with Crippen molar-refractivity contribution in [1.82, 2.24) is 0 Å². The summed E-state index contributed by atoms with van der Waals surface area (Å²) in [5.41, 5.74) is 0.535. The second-order valence-corrected chi connectivity index (χ2v) is 4.11. The van der Waals surface area contributed by atoms with E-state index in [1.165, 1.54) is 24.9 Å². The van der Waals surface area contributed by atoms with E-state index in [9.17, 15) is 9.90 Å². The summed E-state index contributed by atoms with van der Waals surface area (Å²) in [6.45, 7) is 0. The molecule has 0 bridgehead atoms. The van der Waals surface area contributed by atoms with Gasteiger partial charge in [0, 0.05) is 5.56 Å². The first-order valence-electron chi connectivity index (χ1n) is 4.38. The van der Waals surface area contributed by atoms with Crippen molar-refractivity contribution in [2.24, 2.45) is 0 Å². The first-order chi connectivity index (χ1) is 7.20. The Morgan fingerprint density at radius 2 is 2.40 bits per heavy atom. The number of hydrogen-bond acceptors (Lipinski definition) is 5. The largest absolute Gasteiger partial charge is 0.504 e. The minimum Gasteiger partial charge on any atom is -0.504 e. The van der Waals surface area contributed by atoms with Gasteiger partial charge in [-0.2, -0.15) is 0 Å². The van der Waals surface area contributed by atoms with Crippen LogP contribution in [0.4, 0.5) is 0 Å². The Kier molecular flexibility index (Phi) is 2.73. The van der Waals surface area contributed by atoms with Crippen molar-refractivity contribution in [1.29, 1.82) is 0 Å². The summed E-state index contributed by atoms with van der Waals surface area (Å²) in [6, 6.07) is 4.92. The van der Waals surface area contributed by atoms with Gasteiger partial charge in [-0.1, -0.05) is 6.07 Å². The highest BCUT2D eigenvalue weighted by molar-refractivity contribution is 8.00. The third-order valence-corrected chi connectivity index (χ3v) is 3.14. The zero-order valence-corrected chi connectivity index (χ0v) is 8.91. The average molecular weight is 226 g/mol. The fraction of sp³-hybridized carbons (Fsp3) is 0.300. The van der Waals surface area contributed by atoms with Crippen LogP contribution in [0.25, 0.3) is 0 Å². The van der Waals surface area contributed by atoms with E-state index in [1.54, 1.807) is 12.1 Å². The molecule has 0 radical (unpaired) electrons. The lowest BCUT2D eigenvalue weighted by Gasteiger charge is -2.10. The second kappa shape index (κ2) is 4.02. The Hall–Kier alpha value is -1.36. The van der Waals surface area contributed by atoms with E-state index in [-0.39, 0.29) is 17.2 Å². The molecule has 1 heterocycles. The number of ether oxygens (including phenoxy) is 2. The number of rotatable bonds is 2. The highest BCUT2D eigenvalue weighted by atomic mass is 32.2. The highest BCUT2D eigenvalue weighted by Crippen LogP contribution is 2.38. The number of benzene rings is 1. The molecule has 4 nitrogen and oxygen atoms in total. The van der Waals surface area contributed by atoms with E-state index < -0.39 is 0 Å². The Bertz CT molecular complexity index is 391. The van der Waals surface area contributed by atoms with E-state index in [2.05, 4.69) is 0 Å². The molecule has 15 heavy (non-hydrogen) atoms. The summed E-state index contributed by atoms with van der Waals surface area (Å²) in [6.07, 6.45) is 0. The van der Waals surface area contributed by atoms with Gasteiger partial charge in [0.05, 0.1) is 12.9 Å². The van der Waals surface area contributed by atoms with Crippen molar-refractivity contribution in [3.63, 3.8) is 0 Å². The molecule has 1 aromatic carbocycles. The molecule has 1 saturated heterocycles. The number of carbonyl (C=O) groups is 1. The number of phenolic OH excluding ortho intramolecular Hbond substituents is 1. The minimum atomic E-state index is -0.285. The fourth-order valence-corrected chi connectivity index (χ4v) is 2.21. The van der Waals surface area contributed by atoms with Crippen molar-refractivity contribution in [2.45, 2.75) is 5.44 Å². The molecule has 1 fully saturated rings. The molecule has 1 aliphatic heterocycles. The van der Waals surface area contributed by atoms with Crippen LogP contribution < -0.4 is 4.74 Å². The van der Waals surface area contributed by atoms with Gasteiger partial charge in [-0.3, -0.25) is 4.79 Å². The molecule has 1 atom stereocenters. The topological polar surface area (TPSA) is 55.8 Å². The van der Waals surface area contributed by atoms with Gasteiger partial charge in [0.15, 0.2) is 16.9 Å². The number of aromatic hydroxyl groups is 1. The summed E-state index contributed by atoms with van der Waals surface area (Å²) in [7, 11) is 1.48. The maximum Gasteiger partial charge on any atom is 0.317 e. The Morgan fingerprint density at radius 3 is 3.00 bits per heavy atom. The predicted molar refractivity (Wildman–Crippen MR) is 55.9 cm³/mol. The van der Waals surface area contributed by atoms with Crippen molar-refractivity contribution in [3.05, 3.63) is 23.8 Å². The molecule has 1 aromatic rings. The number of hydrogen-bond donors (Lipinski definition) is 1. The molecular weight excluding hydrogens is 216 g/mol. The summed E-state index contributed by atoms with van der Waals surface area (Å²) in [5, 5.41) is 9.39. The van der Waals surface area contributed by atoms with Gasteiger partial charge in [-0.25, -0.2) is 0 Å². The van der Waals surface area contributed by atoms with Gasteiger partial charge < -0.3 is 14.6 Å². The van der Waals surface area contributed by atoms with Crippen LogP contribution in [0.5, 0.6) is 11.5 Å². The van der Waals surface area contributed by atoms with Crippen LogP contribution in [0, 0.1) is 0 Å². The molecule has 0 amide bonds. The number of cyclic esters (lactones) is 1. The first kappa shape index (κ1) is 10.2. The lowest BCUT2D eigenvalue weighted by Crippen LogP contribution is -1.99. The Balaban J connectivity index is 2.25. The molecule has 0 aromatic heterocycles. The van der Waals surface area contributed by atoms with E-state index in [0.29, 0.717) is 11.5 Å². The summed E-state index contributed by atoms with van der Waals surface area (Å²) >= 11 is 1.42. The minimum absolute atomic E-state index is 0.0792. The molecule has 80 valence electrons. The fourth-order valence-electron chi connectivity index (χ4n) is 1.34. The molecule has 1 N–H and O–H groups in total. The first-order valence-corrected chi connectivity index (χ1v) is 5.43. The van der Waals surface area contributed by atoms with E-state index in [0.717, 1.165) is 5.56 Å². The predicted octanol–water partition coefficient (Wildman–Crippen LogP) is 1.69. The van der Waals surface area contributed by atoms with Gasteiger partial charge in [-0.05, 0) is 12.1 Å². The van der Waals surface area contributed by atoms with Crippen LogP contribution in [0.1, 0.15) is 11.0 Å². The van der Waals surface area contributed by atoms with Gasteiger partial charge in [0.2, 0.25) is 0 Å². The maximum absolute atomic E-state index is 10.9. The quantitative estimate of drug-likeness (QED) is 0.778. The Labute approximate surface area is 91.2 Å².